The molecule has 2 rings (SSSR count). The van der Waals surface area contributed by atoms with Gasteiger partial charge in [-0.1, -0.05) is 0 Å². The molecule has 0 aromatic carbocycles. The maximum absolute atomic E-state index is 12.6. The molecule has 0 unspecified atom stereocenters. The van der Waals surface area contributed by atoms with Gasteiger partial charge < -0.3 is 4.74 Å². The second-order valence-corrected chi connectivity index (χ2v) is 2.99. The zero-order valence-corrected chi connectivity index (χ0v) is 8.77. The minimum atomic E-state index is -0.524. The molecule has 17 heavy (non-hydrogen) atoms. The largest absolute Gasteiger partial charge is 0.466 e. The van der Waals surface area contributed by atoms with E-state index in [-0.39, 0.29) is 17.7 Å². The van der Waals surface area contributed by atoms with Crippen LogP contribution in [-0.4, -0.2) is 33.2 Å². The van der Waals surface area contributed by atoms with Crippen molar-refractivity contribution in [3.8, 4) is 6.01 Å². The molecule has 0 spiro atoms. The van der Waals surface area contributed by atoms with Crippen LogP contribution < -0.4 is 10.1 Å². The Morgan fingerprint density at radius 2 is 2.35 bits per heavy atom. The second-order valence-electron chi connectivity index (χ2n) is 2.99. The number of amides is 1. The van der Waals surface area contributed by atoms with Gasteiger partial charge in [-0.25, -0.2) is 14.5 Å². The second kappa shape index (κ2) is 4.56. The number of nitrogens with one attached hydrogen (secondary N) is 2. The van der Waals surface area contributed by atoms with E-state index < -0.39 is 11.7 Å². The van der Waals surface area contributed by atoms with E-state index in [9.17, 15) is 9.18 Å². The Morgan fingerprint density at radius 1 is 1.53 bits per heavy atom. The van der Waals surface area contributed by atoms with Crippen LogP contribution in [-0.2, 0) is 0 Å². The number of nitrogens with zero attached hydrogens (tertiary/aromatic N) is 3. The molecule has 0 saturated carbocycles. The van der Waals surface area contributed by atoms with Crippen molar-refractivity contribution in [3.05, 3.63) is 29.8 Å². The molecule has 1 amide bonds. The lowest BCUT2D eigenvalue weighted by Gasteiger charge is -1.99. The van der Waals surface area contributed by atoms with Gasteiger partial charge >= 0.3 is 6.01 Å². The van der Waals surface area contributed by atoms with Crippen molar-refractivity contribution in [2.75, 3.05) is 12.4 Å². The summed E-state index contributed by atoms with van der Waals surface area (Å²) in [5.74, 6) is -0.912. The number of methoxy groups -OCH3 is 1. The first-order valence-electron chi connectivity index (χ1n) is 4.58. The highest BCUT2D eigenvalue weighted by Gasteiger charge is 2.10. The van der Waals surface area contributed by atoms with E-state index in [0.29, 0.717) is 0 Å². The average molecular weight is 237 g/mol. The summed E-state index contributed by atoms with van der Waals surface area (Å²) >= 11 is 0. The first-order valence-corrected chi connectivity index (χ1v) is 4.58. The summed E-state index contributed by atoms with van der Waals surface area (Å²) in [5.41, 5.74) is 0.0711. The summed E-state index contributed by atoms with van der Waals surface area (Å²) in [7, 11) is 1.40. The van der Waals surface area contributed by atoms with Crippen molar-refractivity contribution in [2.24, 2.45) is 0 Å². The molecule has 0 aliphatic heterocycles. The predicted octanol–water partition coefficient (Wildman–Crippen LogP) is 0.600. The number of carbonyl (C=O) groups is 1. The van der Waals surface area contributed by atoms with E-state index in [1.807, 2.05) is 0 Å². The van der Waals surface area contributed by atoms with E-state index in [1.54, 1.807) is 0 Å². The highest BCUT2D eigenvalue weighted by atomic mass is 19.1. The minimum Gasteiger partial charge on any atom is -0.466 e. The average Bonchev–Trinajstić information content (AvgIpc) is 2.77. The monoisotopic (exact) mass is 237 g/mol. The highest BCUT2D eigenvalue weighted by molar-refractivity contribution is 6.01. The Labute approximate surface area is 95.0 Å². The Morgan fingerprint density at radius 3 is 2.94 bits per heavy atom. The molecule has 88 valence electrons. The fourth-order valence-electron chi connectivity index (χ4n) is 1.08. The van der Waals surface area contributed by atoms with Gasteiger partial charge in [0.05, 0.1) is 13.3 Å². The van der Waals surface area contributed by atoms with Crippen molar-refractivity contribution >= 4 is 11.9 Å². The first kappa shape index (κ1) is 11.0. The topological polar surface area (TPSA) is 92.8 Å². The van der Waals surface area contributed by atoms with Crippen LogP contribution in [0.15, 0.2) is 18.3 Å². The number of halogens is 1. The first-order chi connectivity index (χ1) is 8.19. The summed E-state index contributed by atoms with van der Waals surface area (Å²) in [6, 6.07) is 2.51. The van der Waals surface area contributed by atoms with Crippen LogP contribution in [0.25, 0.3) is 0 Å². The van der Waals surface area contributed by atoms with Crippen LogP contribution >= 0.6 is 0 Å². The number of pyridine rings is 1. The lowest BCUT2D eigenvalue weighted by Crippen LogP contribution is -2.14. The molecule has 7 nitrogen and oxygen atoms in total. The van der Waals surface area contributed by atoms with E-state index in [2.05, 4.69) is 25.5 Å². The molecule has 2 N–H and O–H groups in total. The lowest BCUT2D eigenvalue weighted by molar-refractivity contribution is 0.102. The third-order valence-electron chi connectivity index (χ3n) is 1.84. The van der Waals surface area contributed by atoms with E-state index in [0.717, 1.165) is 12.3 Å². The summed E-state index contributed by atoms with van der Waals surface area (Å²) in [5, 5.41) is 8.49. The minimum absolute atomic E-state index is 0.0711. The molecule has 0 aliphatic carbocycles. The van der Waals surface area contributed by atoms with Crippen LogP contribution in [0.4, 0.5) is 10.3 Å². The van der Waals surface area contributed by atoms with Crippen LogP contribution in [0, 0.1) is 5.82 Å². The van der Waals surface area contributed by atoms with Crippen molar-refractivity contribution in [3.63, 3.8) is 0 Å². The molecule has 8 heteroatoms. The summed E-state index contributed by atoms with van der Waals surface area (Å²) in [6.45, 7) is 0. The standard InChI is InChI=1S/C9H8FN5O2/c1-17-9-13-8(14-15-9)12-7(16)6-3-2-5(10)4-11-6/h2-4H,1H3,(H2,12,13,14,15,16). The number of H-pyrrole nitrogens is 1. The number of ether oxygens (including phenoxy) is 1. The smallest absolute Gasteiger partial charge is 0.336 e. The van der Waals surface area contributed by atoms with Crippen LogP contribution in [0.2, 0.25) is 0 Å². The van der Waals surface area contributed by atoms with Gasteiger partial charge in [0, 0.05) is 0 Å². The van der Waals surface area contributed by atoms with Crippen molar-refractivity contribution in [2.45, 2.75) is 0 Å². The molecule has 0 aliphatic rings. The number of aromatic amines is 1. The Bertz CT molecular complexity index is 524. The van der Waals surface area contributed by atoms with Gasteiger partial charge in [0.1, 0.15) is 11.5 Å². The Kier molecular flexibility index (Phi) is 2.95. The van der Waals surface area contributed by atoms with Crippen molar-refractivity contribution < 1.29 is 13.9 Å². The van der Waals surface area contributed by atoms with Gasteiger partial charge in [0.15, 0.2) is 0 Å². The van der Waals surface area contributed by atoms with E-state index >= 15 is 0 Å². The van der Waals surface area contributed by atoms with E-state index in [1.165, 1.54) is 13.2 Å². The maximum atomic E-state index is 12.6. The number of hydrogen-bond donors (Lipinski definition) is 2. The summed E-state index contributed by atoms with van der Waals surface area (Å²) in [4.78, 5) is 19.0. The molecule has 2 aromatic heterocycles. The van der Waals surface area contributed by atoms with Crippen molar-refractivity contribution in [1.82, 2.24) is 20.2 Å². The number of anilines is 1. The third-order valence-corrected chi connectivity index (χ3v) is 1.84. The summed E-state index contributed by atoms with van der Waals surface area (Å²) < 4.78 is 17.3. The molecule has 0 atom stereocenters. The fraction of sp³-hybridized carbons (Fsp3) is 0.111. The SMILES string of the molecule is COc1n[nH]c(NC(=O)c2ccc(F)cn2)n1. The summed E-state index contributed by atoms with van der Waals surface area (Å²) in [6.07, 6.45) is 0.954. The number of rotatable bonds is 3. The fourth-order valence-corrected chi connectivity index (χ4v) is 1.08. The zero-order chi connectivity index (χ0) is 12.3. The van der Waals surface area contributed by atoms with Crippen LogP contribution in [0.1, 0.15) is 10.5 Å². The van der Waals surface area contributed by atoms with E-state index in [4.69, 9.17) is 4.74 Å². The maximum Gasteiger partial charge on any atom is 0.336 e. The van der Waals surface area contributed by atoms with Gasteiger partial charge in [-0.2, -0.15) is 4.98 Å². The van der Waals surface area contributed by atoms with Crippen LogP contribution in [0.5, 0.6) is 6.01 Å². The molecule has 0 bridgehead atoms. The molecule has 0 fully saturated rings. The third kappa shape index (κ3) is 2.54. The molecular weight excluding hydrogens is 229 g/mol. The zero-order valence-electron chi connectivity index (χ0n) is 8.77. The normalized spacial score (nSPS) is 10.0. The molecule has 0 saturated heterocycles. The van der Waals surface area contributed by atoms with Crippen molar-refractivity contribution in [1.29, 1.82) is 0 Å². The van der Waals surface area contributed by atoms with Crippen LogP contribution in [0.3, 0.4) is 0 Å². The van der Waals surface area contributed by atoms with Gasteiger partial charge in [-0.15, -0.1) is 5.10 Å². The van der Waals surface area contributed by atoms with Gasteiger partial charge in [-0.05, 0) is 12.1 Å². The number of carbonyl (C=O) groups excluding carboxylic acids is 1. The van der Waals surface area contributed by atoms with Gasteiger partial charge in [-0.3, -0.25) is 10.1 Å². The highest BCUT2D eigenvalue weighted by Crippen LogP contribution is 2.06. The Hall–Kier alpha value is -2.51. The lowest BCUT2D eigenvalue weighted by atomic mass is 10.3. The quantitative estimate of drug-likeness (QED) is 0.815. The molecule has 2 aromatic rings. The number of aromatic nitrogens is 4. The number of hydrogen-bond acceptors (Lipinski definition) is 5. The molecular formula is C9H8FN5O2. The Balaban J connectivity index is 2.08. The predicted molar refractivity (Wildman–Crippen MR) is 55.1 cm³/mol. The van der Waals surface area contributed by atoms with Gasteiger partial charge in [0.2, 0.25) is 5.95 Å². The molecule has 2 heterocycles. The molecule has 0 radical (unpaired) electrons. The van der Waals surface area contributed by atoms with Gasteiger partial charge in [0.25, 0.3) is 5.91 Å².